The Morgan fingerprint density at radius 1 is 0.841 bits per heavy atom. The van der Waals surface area contributed by atoms with E-state index in [9.17, 15) is 48.0 Å². The second-order valence-electron chi connectivity index (χ2n) is 15.9. The average molecular weight is 916 g/mol. The number of urea groups is 1. The Bertz CT molecular complexity index is 1860. The lowest BCUT2D eigenvalue weighted by Crippen LogP contribution is -2.60. The molecular formula is C44H65N7O10S2. The van der Waals surface area contributed by atoms with Gasteiger partial charge in [0.1, 0.15) is 42.0 Å². The maximum Gasteiger partial charge on any atom is 0.326 e. The summed E-state index contributed by atoms with van der Waals surface area (Å²) in [7, 11) is 0.0707. The van der Waals surface area contributed by atoms with Crippen molar-refractivity contribution in [2.24, 2.45) is 5.92 Å². The molecule has 0 spiro atoms. The van der Waals surface area contributed by atoms with Crippen LogP contribution >= 0.6 is 11.8 Å². The summed E-state index contributed by atoms with van der Waals surface area (Å²) in [5, 5.41) is 35.9. The van der Waals surface area contributed by atoms with Crippen LogP contribution in [0.1, 0.15) is 76.3 Å². The Balaban J connectivity index is 2.07. The number of carbonyl (C=O) groups is 7. The molecule has 2 aromatic carbocycles. The second kappa shape index (κ2) is 27.1. The fourth-order valence-electron chi connectivity index (χ4n) is 7.05. The van der Waals surface area contributed by atoms with E-state index in [4.69, 9.17) is 0 Å². The van der Waals surface area contributed by atoms with Crippen LogP contribution in [0.2, 0.25) is 0 Å². The van der Waals surface area contributed by atoms with Crippen LogP contribution in [0.15, 0.2) is 54.6 Å². The molecule has 8 atom stereocenters. The first kappa shape index (κ1) is 52.2. The van der Waals surface area contributed by atoms with Gasteiger partial charge in [-0.1, -0.05) is 62.7 Å². The number of thioether (sulfide) groups is 1. The molecular weight excluding hydrogens is 851 g/mol. The van der Waals surface area contributed by atoms with E-state index in [1.165, 1.54) is 42.1 Å². The van der Waals surface area contributed by atoms with E-state index in [1.54, 1.807) is 26.0 Å². The number of aryl methyl sites for hydroxylation is 2. The summed E-state index contributed by atoms with van der Waals surface area (Å²) in [4.78, 5) is 97.5. The molecule has 1 heterocycles. The van der Waals surface area contributed by atoms with Crippen LogP contribution in [0.4, 0.5) is 4.79 Å². The molecule has 3 rings (SSSR count). The number of phenols is 1. The summed E-state index contributed by atoms with van der Waals surface area (Å²) in [6.45, 7) is 3.60. The standard InChI is InChI=1S/C44H65N7O10S2/c1-6-28(2)37(43(58)59)50-44(60)49-32-14-10-11-25-45-38(53)33(23-26-62-4)47-41(56)36(22-18-30-15-19-31(52)20-16-30)51(3)42(57)35(21-17-29-12-8-7-9-13-29)48-40(55)34(46-39(32)54)24-27-63(5)61/h7-9,12-13,15-16,19-20,28,32-37,52H,6,10-11,14,17-18,21-27H2,1-5H3,(H,45,53)(H,46,54)(H,47,56)(H,48,55)(H,58,59)(H2,49,50,60)/t28-,32+,33+,34+,35+,36-,37+,63-/m0/s1. The predicted octanol–water partition coefficient (Wildman–Crippen LogP) is 2.23. The molecule has 0 aliphatic carbocycles. The maximum atomic E-state index is 14.7. The first-order chi connectivity index (χ1) is 30.0. The number of aliphatic carboxylic acids is 1. The van der Waals surface area contributed by atoms with Crippen LogP contribution in [0.5, 0.6) is 5.75 Å². The average Bonchev–Trinajstić information content (AvgIpc) is 3.26. The summed E-state index contributed by atoms with van der Waals surface area (Å²) in [5.41, 5.74) is 1.66. The SMILES string of the molecule is CC[C@H](C)[C@@H](NC(=O)N[C@@H]1CCCCNC(=O)[C@@H](CCSC)NC(=O)[C@H](CCc2ccc(O)cc2)N(C)C(=O)[C@@H](CCc2ccccc2)NC(=O)[C@@H](CC[S@](C)=O)NC1=O)C(=O)O. The maximum absolute atomic E-state index is 14.7. The highest BCUT2D eigenvalue weighted by molar-refractivity contribution is 7.98. The van der Waals surface area contributed by atoms with Gasteiger partial charge in [-0.3, -0.25) is 28.2 Å². The number of nitrogens with one attached hydrogen (secondary N) is 6. The number of hydrogen-bond acceptors (Lipinski definition) is 10. The van der Waals surface area contributed by atoms with Gasteiger partial charge in [-0.05, 0) is 99.0 Å². The molecule has 0 bridgehead atoms. The molecule has 0 unspecified atom stereocenters. The molecule has 7 amide bonds. The largest absolute Gasteiger partial charge is 0.508 e. The highest BCUT2D eigenvalue weighted by Crippen LogP contribution is 2.18. The van der Waals surface area contributed by atoms with Crippen LogP contribution in [-0.2, 0) is 52.4 Å². The second-order valence-corrected chi connectivity index (χ2v) is 18.4. The van der Waals surface area contributed by atoms with Crippen molar-refractivity contribution in [3.8, 4) is 5.75 Å². The number of carbonyl (C=O) groups excluding carboxylic acids is 6. The topological polar surface area (TPSA) is 252 Å². The van der Waals surface area contributed by atoms with Gasteiger partial charge in [-0.25, -0.2) is 9.59 Å². The summed E-state index contributed by atoms with van der Waals surface area (Å²) in [5.74, 6) is -4.21. The first-order valence-electron chi connectivity index (χ1n) is 21.4. The smallest absolute Gasteiger partial charge is 0.326 e. The van der Waals surface area contributed by atoms with Crippen molar-refractivity contribution in [1.82, 2.24) is 36.8 Å². The molecule has 2 aromatic rings. The minimum absolute atomic E-state index is 0.00554. The Morgan fingerprint density at radius 2 is 1.46 bits per heavy atom. The lowest BCUT2D eigenvalue weighted by molar-refractivity contribution is -0.143. The molecule has 1 saturated heterocycles. The Morgan fingerprint density at radius 3 is 2.10 bits per heavy atom. The van der Waals surface area contributed by atoms with Crippen LogP contribution in [-0.4, -0.2) is 135 Å². The molecule has 17 nitrogen and oxygen atoms in total. The number of aromatic hydroxyl groups is 1. The molecule has 19 heteroatoms. The number of hydrogen-bond donors (Lipinski definition) is 8. The third kappa shape index (κ3) is 17.9. The van der Waals surface area contributed by atoms with Gasteiger partial charge >= 0.3 is 12.0 Å². The molecule has 0 radical (unpaired) electrons. The number of amides is 7. The van der Waals surface area contributed by atoms with Gasteiger partial charge < -0.3 is 47.0 Å². The minimum Gasteiger partial charge on any atom is -0.508 e. The third-order valence-electron chi connectivity index (χ3n) is 11.1. The quantitative estimate of drug-likeness (QED) is 0.114. The van der Waals surface area contributed by atoms with Gasteiger partial charge in [0.05, 0.1) is 0 Å². The predicted molar refractivity (Wildman–Crippen MR) is 243 cm³/mol. The third-order valence-corrected chi connectivity index (χ3v) is 12.6. The summed E-state index contributed by atoms with van der Waals surface area (Å²) in [6, 6.07) is 7.72. The van der Waals surface area contributed by atoms with E-state index < -0.39 is 94.5 Å². The molecule has 348 valence electrons. The number of likely N-dealkylation sites (N-methyl/N-ethyl adjacent to an activating group) is 1. The van der Waals surface area contributed by atoms with Crippen molar-refractivity contribution in [2.45, 2.75) is 114 Å². The van der Waals surface area contributed by atoms with Gasteiger partial charge in [0.25, 0.3) is 0 Å². The zero-order valence-electron chi connectivity index (χ0n) is 36.9. The van der Waals surface area contributed by atoms with E-state index in [0.717, 1.165) is 11.1 Å². The van der Waals surface area contributed by atoms with Crippen molar-refractivity contribution >= 4 is 64.1 Å². The van der Waals surface area contributed by atoms with E-state index in [2.05, 4.69) is 31.9 Å². The molecule has 0 saturated carbocycles. The summed E-state index contributed by atoms with van der Waals surface area (Å²) in [6.07, 6.45) is 5.53. The number of nitrogens with zero attached hydrogens (tertiary/aromatic N) is 1. The number of carboxylic acid groups (broad SMARTS) is 1. The fourth-order valence-corrected chi connectivity index (χ4v) is 8.09. The van der Waals surface area contributed by atoms with Crippen LogP contribution in [0.25, 0.3) is 0 Å². The van der Waals surface area contributed by atoms with Crippen molar-refractivity contribution in [3.05, 3.63) is 65.7 Å². The fraction of sp³-hybridized carbons (Fsp3) is 0.568. The van der Waals surface area contributed by atoms with Gasteiger partial charge in [-0.15, -0.1) is 0 Å². The Labute approximate surface area is 376 Å². The molecule has 0 aromatic heterocycles. The molecule has 1 aliphatic heterocycles. The normalized spacial score (nSPS) is 22.4. The Hall–Kier alpha value is -5.17. The zero-order chi connectivity index (χ0) is 46.5. The van der Waals surface area contributed by atoms with Gasteiger partial charge in [0, 0.05) is 36.4 Å². The van der Waals surface area contributed by atoms with Crippen molar-refractivity contribution in [1.29, 1.82) is 0 Å². The summed E-state index contributed by atoms with van der Waals surface area (Å²) >= 11 is 1.49. The first-order valence-corrected chi connectivity index (χ1v) is 24.5. The minimum atomic E-state index is -1.39. The molecule has 1 aliphatic rings. The number of rotatable bonds is 17. The molecule has 63 heavy (non-hydrogen) atoms. The van der Waals surface area contributed by atoms with Crippen molar-refractivity contribution < 1.29 is 48.0 Å². The van der Waals surface area contributed by atoms with Crippen LogP contribution in [0.3, 0.4) is 0 Å². The Kier molecular flexibility index (Phi) is 22.5. The highest BCUT2D eigenvalue weighted by atomic mass is 32.2. The van der Waals surface area contributed by atoms with Gasteiger partial charge in [0.15, 0.2) is 0 Å². The van der Waals surface area contributed by atoms with E-state index >= 15 is 0 Å². The van der Waals surface area contributed by atoms with Crippen LogP contribution in [0, 0.1) is 5.92 Å². The van der Waals surface area contributed by atoms with Crippen molar-refractivity contribution in [3.63, 3.8) is 0 Å². The van der Waals surface area contributed by atoms with Gasteiger partial charge in [-0.2, -0.15) is 11.8 Å². The number of carboxylic acids is 1. The lowest BCUT2D eigenvalue weighted by atomic mass is 9.99. The molecule has 8 N–H and O–H groups in total. The van der Waals surface area contributed by atoms with Crippen molar-refractivity contribution in [2.75, 3.05) is 37.6 Å². The highest BCUT2D eigenvalue weighted by Gasteiger charge is 2.36. The van der Waals surface area contributed by atoms with Gasteiger partial charge in [0.2, 0.25) is 29.5 Å². The zero-order valence-corrected chi connectivity index (χ0v) is 38.5. The van der Waals surface area contributed by atoms with E-state index in [-0.39, 0.29) is 50.2 Å². The number of phenolic OH excluding ortho intramolecular Hbond substituents is 1. The lowest BCUT2D eigenvalue weighted by Gasteiger charge is -2.33. The number of benzene rings is 2. The monoisotopic (exact) mass is 915 g/mol. The van der Waals surface area contributed by atoms with E-state index in [0.29, 0.717) is 37.9 Å². The molecule has 1 fully saturated rings. The van der Waals surface area contributed by atoms with Crippen LogP contribution < -0.4 is 31.9 Å². The van der Waals surface area contributed by atoms with E-state index in [1.807, 2.05) is 36.6 Å². The summed E-state index contributed by atoms with van der Waals surface area (Å²) < 4.78 is 12.3.